The van der Waals surface area contributed by atoms with E-state index < -0.39 is 0 Å². The summed E-state index contributed by atoms with van der Waals surface area (Å²) >= 11 is 0. The van der Waals surface area contributed by atoms with Crippen LogP contribution in [0.4, 0.5) is 4.79 Å². The summed E-state index contributed by atoms with van der Waals surface area (Å²) in [5.41, 5.74) is -0.00248. The van der Waals surface area contributed by atoms with Crippen LogP contribution in [0.15, 0.2) is 0 Å². The van der Waals surface area contributed by atoms with Crippen molar-refractivity contribution in [2.75, 3.05) is 6.54 Å². The number of nitrogens with one attached hydrogen (secondary N) is 2. The Hall–Kier alpha value is -0.730. The van der Waals surface area contributed by atoms with Crippen LogP contribution in [-0.4, -0.2) is 18.1 Å². The summed E-state index contributed by atoms with van der Waals surface area (Å²) < 4.78 is 0. The van der Waals surface area contributed by atoms with Crippen molar-refractivity contribution in [3.63, 3.8) is 0 Å². The van der Waals surface area contributed by atoms with E-state index in [0.29, 0.717) is 12.5 Å². The molecule has 0 heterocycles. The largest absolute Gasteiger partial charge is 0.338 e. The van der Waals surface area contributed by atoms with E-state index in [-0.39, 0.29) is 11.6 Å². The number of hydrogen-bond donors (Lipinski definition) is 2. The first-order valence-corrected chi connectivity index (χ1v) is 5.64. The minimum atomic E-state index is -0.0243. The van der Waals surface area contributed by atoms with Crippen LogP contribution in [-0.2, 0) is 0 Å². The molecule has 14 heavy (non-hydrogen) atoms. The van der Waals surface area contributed by atoms with Crippen molar-refractivity contribution >= 4 is 6.03 Å². The second-order valence-corrected chi connectivity index (χ2v) is 4.55. The van der Waals surface area contributed by atoms with Gasteiger partial charge in [0.1, 0.15) is 0 Å². The summed E-state index contributed by atoms with van der Waals surface area (Å²) in [5, 5.41) is 5.88. The van der Waals surface area contributed by atoms with Gasteiger partial charge in [0.2, 0.25) is 0 Å². The predicted molar refractivity (Wildman–Crippen MR) is 58.2 cm³/mol. The van der Waals surface area contributed by atoms with E-state index in [0.717, 1.165) is 6.42 Å². The Morgan fingerprint density at radius 2 is 2.21 bits per heavy atom. The number of carbonyl (C=O) groups excluding carboxylic acids is 1. The molecule has 82 valence electrons. The summed E-state index contributed by atoms with van der Waals surface area (Å²) in [6.07, 6.45) is 4.86. The number of rotatable bonds is 2. The molecule has 0 spiro atoms. The number of carbonyl (C=O) groups is 1. The lowest BCUT2D eigenvalue weighted by Crippen LogP contribution is -2.55. The van der Waals surface area contributed by atoms with Gasteiger partial charge in [0.05, 0.1) is 0 Å². The normalized spacial score (nSPS) is 32.4. The molecule has 1 rings (SSSR count). The fourth-order valence-electron chi connectivity index (χ4n) is 2.16. The molecule has 0 aromatic carbocycles. The van der Waals surface area contributed by atoms with Gasteiger partial charge in [-0.2, -0.15) is 0 Å². The predicted octanol–water partition coefficient (Wildman–Crippen LogP) is 2.27. The first-order chi connectivity index (χ1) is 6.58. The summed E-state index contributed by atoms with van der Waals surface area (Å²) in [5.74, 6) is 0.582. The monoisotopic (exact) mass is 198 g/mol. The van der Waals surface area contributed by atoms with E-state index in [4.69, 9.17) is 0 Å². The van der Waals surface area contributed by atoms with Crippen molar-refractivity contribution in [2.24, 2.45) is 5.92 Å². The summed E-state index contributed by atoms with van der Waals surface area (Å²) in [6, 6.07) is -0.0243. The Balaban J connectivity index is 2.50. The molecule has 0 bridgehead atoms. The first-order valence-electron chi connectivity index (χ1n) is 5.64. The molecule has 1 aliphatic rings. The van der Waals surface area contributed by atoms with Crippen LogP contribution in [0, 0.1) is 5.92 Å². The fourth-order valence-corrected chi connectivity index (χ4v) is 2.16. The third-order valence-electron chi connectivity index (χ3n) is 3.41. The van der Waals surface area contributed by atoms with Crippen LogP contribution >= 0.6 is 0 Å². The van der Waals surface area contributed by atoms with E-state index >= 15 is 0 Å². The highest BCUT2D eigenvalue weighted by Crippen LogP contribution is 2.32. The highest BCUT2D eigenvalue weighted by Gasteiger charge is 2.34. The van der Waals surface area contributed by atoms with E-state index in [1.165, 1.54) is 19.3 Å². The van der Waals surface area contributed by atoms with Crippen LogP contribution in [0.5, 0.6) is 0 Å². The minimum absolute atomic E-state index is 0.00248. The van der Waals surface area contributed by atoms with Gasteiger partial charge in [-0.1, -0.05) is 19.8 Å². The van der Waals surface area contributed by atoms with Crippen molar-refractivity contribution < 1.29 is 4.79 Å². The molecule has 1 aliphatic carbocycles. The molecule has 0 aliphatic heterocycles. The first kappa shape index (κ1) is 11.3. The molecule has 2 amide bonds. The maximum atomic E-state index is 11.4. The Kier molecular flexibility index (Phi) is 3.78. The van der Waals surface area contributed by atoms with Crippen LogP contribution in [0.2, 0.25) is 0 Å². The molecule has 0 radical (unpaired) electrons. The van der Waals surface area contributed by atoms with E-state index in [1.807, 2.05) is 6.92 Å². The molecule has 0 saturated heterocycles. The molecule has 3 nitrogen and oxygen atoms in total. The summed E-state index contributed by atoms with van der Waals surface area (Å²) in [4.78, 5) is 11.4. The molecule has 0 aromatic heterocycles. The van der Waals surface area contributed by atoms with Crippen molar-refractivity contribution in [2.45, 2.75) is 52.0 Å². The molecular formula is C11H22N2O. The van der Waals surface area contributed by atoms with Gasteiger partial charge in [-0.15, -0.1) is 0 Å². The SMILES string of the molecule is CCNC(=O)NC1(C)CCCCC1C. The van der Waals surface area contributed by atoms with Crippen LogP contribution in [0.3, 0.4) is 0 Å². The van der Waals surface area contributed by atoms with E-state index in [9.17, 15) is 4.79 Å². The number of amides is 2. The van der Waals surface area contributed by atoms with Crippen molar-refractivity contribution in [3.05, 3.63) is 0 Å². The summed E-state index contributed by atoms with van der Waals surface area (Å²) in [6.45, 7) is 7.01. The molecule has 2 atom stereocenters. The third kappa shape index (κ3) is 2.63. The number of urea groups is 1. The van der Waals surface area contributed by atoms with Gasteiger partial charge in [0.25, 0.3) is 0 Å². The Morgan fingerprint density at radius 3 is 2.79 bits per heavy atom. The Bertz CT molecular complexity index is 205. The standard InChI is InChI=1S/C11H22N2O/c1-4-12-10(14)13-11(3)8-6-5-7-9(11)2/h9H,4-8H2,1-3H3,(H2,12,13,14). The molecule has 1 saturated carbocycles. The fraction of sp³-hybridized carbons (Fsp3) is 0.909. The van der Waals surface area contributed by atoms with Gasteiger partial charge in [-0.25, -0.2) is 4.79 Å². The Labute approximate surface area is 86.6 Å². The maximum absolute atomic E-state index is 11.4. The van der Waals surface area contributed by atoms with Crippen LogP contribution in [0.25, 0.3) is 0 Å². The van der Waals surface area contributed by atoms with Crippen molar-refractivity contribution in [3.8, 4) is 0 Å². The molecule has 1 fully saturated rings. The van der Waals surface area contributed by atoms with E-state index in [1.54, 1.807) is 0 Å². The zero-order chi connectivity index (χ0) is 10.6. The zero-order valence-electron chi connectivity index (χ0n) is 9.52. The van der Waals surface area contributed by atoms with Crippen LogP contribution in [0.1, 0.15) is 46.5 Å². The van der Waals surface area contributed by atoms with Gasteiger partial charge in [0, 0.05) is 12.1 Å². The summed E-state index contributed by atoms with van der Waals surface area (Å²) in [7, 11) is 0. The molecule has 0 aromatic rings. The van der Waals surface area contributed by atoms with Gasteiger partial charge in [-0.3, -0.25) is 0 Å². The topological polar surface area (TPSA) is 41.1 Å². The van der Waals surface area contributed by atoms with Gasteiger partial charge >= 0.3 is 6.03 Å². The minimum Gasteiger partial charge on any atom is -0.338 e. The zero-order valence-corrected chi connectivity index (χ0v) is 9.52. The van der Waals surface area contributed by atoms with E-state index in [2.05, 4.69) is 24.5 Å². The second-order valence-electron chi connectivity index (χ2n) is 4.55. The number of hydrogen-bond acceptors (Lipinski definition) is 1. The van der Waals surface area contributed by atoms with Gasteiger partial charge in [-0.05, 0) is 32.6 Å². The van der Waals surface area contributed by atoms with Gasteiger partial charge in [0.15, 0.2) is 0 Å². The van der Waals surface area contributed by atoms with Crippen LogP contribution < -0.4 is 10.6 Å². The van der Waals surface area contributed by atoms with Crippen molar-refractivity contribution in [1.29, 1.82) is 0 Å². The lowest BCUT2D eigenvalue weighted by atomic mass is 9.75. The smallest absolute Gasteiger partial charge is 0.315 e. The lowest BCUT2D eigenvalue weighted by Gasteiger charge is -2.40. The van der Waals surface area contributed by atoms with Crippen molar-refractivity contribution in [1.82, 2.24) is 10.6 Å². The quantitative estimate of drug-likeness (QED) is 0.702. The Morgan fingerprint density at radius 1 is 1.50 bits per heavy atom. The third-order valence-corrected chi connectivity index (χ3v) is 3.41. The average Bonchev–Trinajstić information content (AvgIpc) is 2.10. The highest BCUT2D eigenvalue weighted by molar-refractivity contribution is 5.74. The van der Waals surface area contributed by atoms with Gasteiger partial charge < -0.3 is 10.6 Å². The molecule has 3 heteroatoms. The lowest BCUT2D eigenvalue weighted by molar-refractivity contribution is 0.170. The maximum Gasteiger partial charge on any atom is 0.315 e. The molecular weight excluding hydrogens is 176 g/mol. The average molecular weight is 198 g/mol. The molecule has 2 unspecified atom stereocenters. The highest BCUT2D eigenvalue weighted by atomic mass is 16.2. The second kappa shape index (κ2) is 4.67. The molecule has 2 N–H and O–H groups in total.